The van der Waals surface area contributed by atoms with E-state index >= 15 is 0 Å². The molecule has 2 rings (SSSR count). The van der Waals surface area contributed by atoms with Gasteiger partial charge < -0.3 is 10.4 Å². The van der Waals surface area contributed by atoms with Gasteiger partial charge in [-0.3, -0.25) is 5.32 Å². The van der Waals surface area contributed by atoms with Crippen LogP contribution in [0, 0.1) is 13.8 Å². The summed E-state index contributed by atoms with van der Waals surface area (Å²) in [5.41, 5.74) is 2.74. The fourth-order valence-corrected chi connectivity index (χ4v) is 3.44. The highest BCUT2D eigenvalue weighted by Gasteiger charge is 2.15. The van der Waals surface area contributed by atoms with E-state index in [1.807, 2.05) is 26.0 Å². The Kier molecular flexibility index (Phi) is 4.64. The molecule has 7 heteroatoms. The van der Waals surface area contributed by atoms with Crippen molar-refractivity contribution in [3.05, 3.63) is 44.7 Å². The number of anilines is 2. The number of benzene rings is 1. The normalized spacial score (nSPS) is 10.2. The summed E-state index contributed by atoms with van der Waals surface area (Å²) in [6, 6.07) is 4.83. The average Bonchev–Trinajstić information content (AvgIpc) is 2.82. The zero-order valence-electron chi connectivity index (χ0n) is 11.4. The predicted octanol–water partition coefficient (Wildman–Crippen LogP) is 4.47. The number of aryl methyl sites for hydroxylation is 2. The van der Waals surface area contributed by atoms with Crippen molar-refractivity contribution >= 4 is 50.0 Å². The van der Waals surface area contributed by atoms with Crippen LogP contribution in [0.1, 0.15) is 21.5 Å². The third-order valence-electron chi connectivity index (χ3n) is 2.79. The Hall–Kier alpha value is -1.86. The Morgan fingerprint density at radius 3 is 2.57 bits per heavy atom. The Labute approximate surface area is 134 Å². The quantitative estimate of drug-likeness (QED) is 0.747. The molecule has 1 aromatic heterocycles. The first-order valence-electron chi connectivity index (χ1n) is 6.04. The summed E-state index contributed by atoms with van der Waals surface area (Å²) in [6.45, 7) is 3.85. The van der Waals surface area contributed by atoms with Gasteiger partial charge in [-0.15, -0.1) is 11.3 Å². The van der Waals surface area contributed by atoms with Gasteiger partial charge in [0.2, 0.25) is 0 Å². The number of carboxylic acid groups (broad SMARTS) is 1. The second-order valence-corrected chi connectivity index (χ2v) is 6.26. The second kappa shape index (κ2) is 6.28. The van der Waals surface area contributed by atoms with Crippen molar-refractivity contribution in [2.45, 2.75) is 13.8 Å². The first-order chi connectivity index (χ1) is 9.88. The summed E-state index contributed by atoms with van der Waals surface area (Å²) in [7, 11) is 0. The maximum absolute atomic E-state index is 12.0. The summed E-state index contributed by atoms with van der Waals surface area (Å²) in [5.74, 6) is -1.07. The minimum absolute atomic E-state index is 0.0786. The minimum atomic E-state index is -1.07. The number of urea groups is 1. The number of thiophene rings is 1. The highest BCUT2D eigenvalue weighted by molar-refractivity contribution is 9.10. The molecule has 0 unspecified atom stereocenters. The van der Waals surface area contributed by atoms with Crippen LogP contribution in [0.25, 0.3) is 0 Å². The van der Waals surface area contributed by atoms with Crippen LogP contribution in [0.15, 0.2) is 28.1 Å². The zero-order valence-corrected chi connectivity index (χ0v) is 13.8. The highest BCUT2D eigenvalue weighted by Crippen LogP contribution is 2.28. The summed E-state index contributed by atoms with van der Waals surface area (Å²) >= 11 is 4.57. The molecule has 2 amide bonds. The zero-order chi connectivity index (χ0) is 15.6. The fraction of sp³-hybridized carbons (Fsp3) is 0.143. The Morgan fingerprint density at radius 2 is 1.95 bits per heavy atom. The molecule has 0 aliphatic carbocycles. The maximum Gasteiger partial charge on any atom is 0.338 e. The Bertz CT molecular complexity index is 689. The number of rotatable bonds is 3. The van der Waals surface area contributed by atoms with E-state index in [4.69, 9.17) is 5.11 Å². The van der Waals surface area contributed by atoms with Crippen molar-refractivity contribution < 1.29 is 14.7 Å². The van der Waals surface area contributed by atoms with Crippen molar-refractivity contribution in [3.63, 3.8) is 0 Å². The molecular formula is C14H13BrN2O3S. The van der Waals surface area contributed by atoms with E-state index < -0.39 is 12.0 Å². The lowest BCUT2D eigenvalue weighted by Gasteiger charge is -2.12. The van der Waals surface area contributed by atoms with E-state index in [0.717, 1.165) is 26.9 Å². The van der Waals surface area contributed by atoms with Crippen LogP contribution in [-0.2, 0) is 0 Å². The maximum atomic E-state index is 12.0. The van der Waals surface area contributed by atoms with Crippen molar-refractivity contribution in [2.24, 2.45) is 0 Å². The summed E-state index contributed by atoms with van der Waals surface area (Å²) in [4.78, 5) is 23.0. The lowest BCUT2D eigenvalue weighted by atomic mass is 10.1. The molecule has 0 radical (unpaired) electrons. The molecule has 0 aliphatic heterocycles. The fourth-order valence-electron chi connectivity index (χ4n) is 1.90. The molecule has 110 valence electrons. The van der Waals surface area contributed by atoms with Crippen LogP contribution in [0.4, 0.5) is 15.5 Å². The number of carbonyl (C=O) groups excluding carboxylic acids is 1. The molecule has 3 N–H and O–H groups in total. The van der Waals surface area contributed by atoms with Crippen LogP contribution in [0.3, 0.4) is 0 Å². The third-order valence-corrected chi connectivity index (χ3v) is 4.25. The molecule has 2 aromatic rings. The van der Waals surface area contributed by atoms with Gasteiger partial charge in [0.05, 0.1) is 11.3 Å². The van der Waals surface area contributed by atoms with Crippen LogP contribution in [0.2, 0.25) is 0 Å². The number of nitrogens with one attached hydrogen (secondary N) is 2. The van der Waals surface area contributed by atoms with E-state index in [1.165, 1.54) is 6.07 Å². The standard InChI is InChI=1S/C14H13BrN2O3S/c1-7-5-8(2)11(10(15)6-7)16-14(20)17-12-9(13(18)19)3-4-21-12/h3-6H,1-2H3,(H,18,19)(H2,16,17,20). The largest absolute Gasteiger partial charge is 0.478 e. The molecular weight excluding hydrogens is 356 g/mol. The third kappa shape index (κ3) is 3.62. The van der Waals surface area contributed by atoms with E-state index in [-0.39, 0.29) is 5.56 Å². The molecule has 21 heavy (non-hydrogen) atoms. The Morgan fingerprint density at radius 1 is 1.24 bits per heavy atom. The first kappa shape index (κ1) is 15.5. The van der Waals surface area contributed by atoms with E-state index in [2.05, 4.69) is 26.6 Å². The van der Waals surface area contributed by atoms with Crippen molar-refractivity contribution in [2.75, 3.05) is 10.6 Å². The van der Waals surface area contributed by atoms with Crippen LogP contribution < -0.4 is 10.6 Å². The van der Waals surface area contributed by atoms with Crippen molar-refractivity contribution in [3.8, 4) is 0 Å². The molecule has 1 heterocycles. The Balaban J connectivity index is 2.16. The van der Waals surface area contributed by atoms with Gasteiger partial charge in [-0.05, 0) is 58.4 Å². The number of hydrogen-bond acceptors (Lipinski definition) is 3. The SMILES string of the molecule is Cc1cc(C)c(NC(=O)Nc2sccc2C(=O)O)c(Br)c1. The highest BCUT2D eigenvalue weighted by atomic mass is 79.9. The average molecular weight is 369 g/mol. The van der Waals surface area contributed by atoms with E-state index in [1.54, 1.807) is 5.38 Å². The molecule has 0 saturated heterocycles. The lowest BCUT2D eigenvalue weighted by molar-refractivity contribution is 0.0698. The number of carboxylic acids is 1. The van der Waals surface area contributed by atoms with Gasteiger partial charge in [-0.2, -0.15) is 0 Å². The first-order valence-corrected chi connectivity index (χ1v) is 7.71. The number of aromatic carboxylic acids is 1. The molecule has 0 saturated carbocycles. The van der Waals surface area contributed by atoms with Gasteiger partial charge in [-0.1, -0.05) is 6.07 Å². The molecule has 0 bridgehead atoms. The number of hydrogen-bond donors (Lipinski definition) is 3. The smallest absolute Gasteiger partial charge is 0.338 e. The molecule has 0 fully saturated rings. The van der Waals surface area contributed by atoms with Gasteiger partial charge in [0.25, 0.3) is 0 Å². The second-order valence-electron chi connectivity index (χ2n) is 4.49. The topological polar surface area (TPSA) is 78.4 Å². The van der Waals surface area contributed by atoms with Crippen molar-refractivity contribution in [1.29, 1.82) is 0 Å². The minimum Gasteiger partial charge on any atom is -0.478 e. The number of halogens is 1. The van der Waals surface area contributed by atoms with Gasteiger partial charge in [0.15, 0.2) is 0 Å². The van der Waals surface area contributed by atoms with Crippen LogP contribution >= 0.6 is 27.3 Å². The van der Waals surface area contributed by atoms with E-state index in [0.29, 0.717) is 10.7 Å². The molecule has 0 atom stereocenters. The summed E-state index contributed by atoms with van der Waals surface area (Å²) in [5, 5.41) is 16.2. The number of amides is 2. The van der Waals surface area contributed by atoms with Gasteiger partial charge in [0.1, 0.15) is 5.00 Å². The monoisotopic (exact) mass is 368 g/mol. The molecule has 0 aliphatic rings. The molecule has 5 nitrogen and oxygen atoms in total. The predicted molar refractivity (Wildman–Crippen MR) is 87.5 cm³/mol. The number of carbonyl (C=O) groups is 2. The molecule has 1 aromatic carbocycles. The van der Waals surface area contributed by atoms with Gasteiger partial charge >= 0.3 is 12.0 Å². The van der Waals surface area contributed by atoms with Crippen LogP contribution in [-0.4, -0.2) is 17.1 Å². The van der Waals surface area contributed by atoms with Crippen LogP contribution in [0.5, 0.6) is 0 Å². The van der Waals surface area contributed by atoms with Gasteiger partial charge in [0, 0.05) is 4.47 Å². The summed E-state index contributed by atoms with van der Waals surface area (Å²) < 4.78 is 0.778. The van der Waals surface area contributed by atoms with Crippen molar-refractivity contribution in [1.82, 2.24) is 0 Å². The lowest BCUT2D eigenvalue weighted by Crippen LogP contribution is -2.20. The summed E-state index contributed by atoms with van der Waals surface area (Å²) in [6.07, 6.45) is 0. The van der Waals surface area contributed by atoms with Gasteiger partial charge in [-0.25, -0.2) is 9.59 Å². The molecule has 0 spiro atoms. The van der Waals surface area contributed by atoms with E-state index in [9.17, 15) is 9.59 Å².